The van der Waals surface area contributed by atoms with Gasteiger partial charge in [0.25, 0.3) is 0 Å². The summed E-state index contributed by atoms with van der Waals surface area (Å²) >= 11 is 6.95. The van der Waals surface area contributed by atoms with Crippen LogP contribution in [0.3, 0.4) is 0 Å². The monoisotopic (exact) mass is 182 g/mol. The summed E-state index contributed by atoms with van der Waals surface area (Å²) in [4.78, 5) is 1.22. The molecule has 0 fully saturated rings. The van der Waals surface area contributed by atoms with Crippen molar-refractivity contribution in [3.05, 3.63) is 20.3 Å². The first-order chi connectivity index (χ1) is 5.20. The van der Waals surface area contributed by atoms with Crippen LogP contribution in [0.15, 0.2) is 0 Å². The Balaban J connectivity index is 3.43. The van der Waals surface area contributed by atoms with Gasteiger partial charge < -0.3 is 0 Å². The topological polar surface area (TPSA) is 47.6 Å². The van der Waals surface area contributed by atoms with Crippen molar-refractivity contribution >= 4 is 22.9 Å². The van der Waals surface area contributed by atoms with Crippen LogP contribution in [0.4, 0.5) is 0 Å². The third-order valence-electron chi connectivity index (χ3n) is 1.24. The molecule has 0 bridgehead atoms. The molecular weight excluding hydrogens is 180 g/mol. The number of nitrogens with zero attached hydrogens (tertiary/aromatic N) is 2. The van der Waals surface area contributed by atoms with Gasteiger partial charge in [0.05, 0.1) is 10.6 Å². The molecule has 0 saturated heterocycles. The van der Waals surface area contributed by atoms with E-state index < -0.39 is 0 Å². The number of halogens is 1. The number of hydrogen-bond donors (Lipinski definition) is 0. The molecule has 0 spiro atoms. The van der Waals surface area contributed by atoms with Crippen molar-refractivity contribution in [3.63, 3.8) is 0 Å². The Morgan fingerprint density at radius 1 is 1.36 bits per heavy atom. The molecule has 1 rings (SSSR count). The van der Waals surface area contributed by atoms with E-state index in [4.69, 9.17) is 22.1 Å². The molecule has 0 amide bonds. The first kappa shape index (κ1) is 8.07. The van der Waals surface area contributed by atoms with Gasteiger partial charge >= 0.3 is 0 Å². The molecule has 54 valence electrons. The molecule has 0 aliphatic heterocycles. The van der Waals surface area contributed by atoms with Crippen molar-refractivity contribution in [2.24, 2.45) is 0 Å². The van der Waals surface area contributed by atoms with Crippen LogP contribution >= 0.6 is 22.9 Å². The summed E-state index contributed by atoms with van der Waals surface area (Å²) in [5.74, 6) is 0. The maximum Gasteiger partial charge on any atom is 0.125 e. The zero-order chi connectivity index (χ0) is 8.43. The second-order valence-corrected chi connectivity index (χ2v) is 3.50. The lowest BCUT2D eigenvalue weighted by Gasteiger charge is -1.82. The number of aryl methyl sites for hydroxylation is 1. The average molecular weight is 183 g/mol. The van der Waals surface area contributed by atoms with E-state index in [0.717, 1.165) is 4.88 Å². The highest BCUT2D eigenvalue weighted by atomic mass is 35.5. The highest BCUT2D eigenvalue weighted by Crippen LogP contribution is 2.30. The fourth-order valence-corrected chi connectivity index (χ4v) is 1.91. The summed E-state index contributed by atoms with van der Waals surface area (Å²) in [7, 11) is 0. The van der Waals surface area contributed by atoms with E-state index in [-0.39, 0.29) is 5.02 Å². The fraction of sp³-hybridized carbons (Fsp3) is 0.143. The Hall–Kier alpha value is -1.03. The van der Waals surface area contributed by atoms with Gasteiger partial charge in [0.1, 0.15) is 17.0 Å². The molecule has 0 unspecified atom stereocenters. The quantitative estimate of drug-likeness (QED) is 0.619. The van der Waals surface area contributed by atoms with Crippen molar-refractivity contribution in [1.29, 1.82) is 10.5 Å². The molecule has 0 radical (unpaired) electrons. The summed E-state index contributed by atoms with van der Waals surface area (Å²) < 4.78 is 0. The highest BCUT2D eigenvalue weighted by Gasteiger charge is 2.12. The zero-order valence-electron chi connectivity index (χ0n) is 5.68. The normalized spacial score (nSPS) is 8.73. The van der Waals surface area contributed by atoms with Gasteiger partial charge in [-0.2, -0.15) is 10.5 Å². The van der Waals surface area contributed by atoms with E-state index in [1.807, 2.05) is 12.1 Å². The Kier molecular flexibility index (Phi) is 2.14. The molecule has 0 aliphatic carbocycles. The van der Waals surface area contributed by atoms with E-state index in [9.17, 15) is 0 Å². The molecule has 0 N–H and O–H groups in total. The summed E-state index contributed by atoms with van der Waals surface area (Å²) in [6, 6.07) is 3.87. The van der Waals surface area contributed by atoms with Crippen LogP contribution in [0.1, 0.15) is 15.3 Å². The SMILES string of the molecule is Cc1sc(C#N)c(Cl)c1C#N. The molecule has 4 heteroatoms. The van der Waals surface area contributed by atoms with Gasteiger partial charge in [0.2, 0.25) is 0 Å². The Morgan fingerprint density at radius 2 is 2.00 bits per heavy atom. The van der Waals surface area contributed by atoms with Crippen molar-refractivity contribution < 1.29 is 0 Å². The maximum absolute atomic E-state index is 8.57. The molecule has 0 saturated carbocycles. The summed E-state index contributed by atoms with van der Waals surface area (Å²) in [6.07, 6.45) is 0. The van der Waals surface area contributed by atoms with Crippen molar-refractivity contribution in [1.82, 2.24) is 0 Å². The molecule has 1 aromatic heterocycles. The van der Waals surface area contributed by atoms with E-state index in [0.29, 0.717) is 10.4 Å². The van der Waals surface area contributed by atoms with Crippen LogP contribution in [0, 0.1) is 29.6 Å². The van der Waals surface area contributed by atoms with Crippen molar-refractivity contribution in [2.75, 3.05) is 0 Å². The van der Waals surface area contributed by atoms with Gasteiger partial charge in [-0.25, -0.2) is 0 Å². The molecule has 11 heavy (non-hydrogen) atoms. The summed E-state index contributed by atoms with van der Waals surface area (Å²) in [6.45, 7) is 1.77. The third kappa shape index (κ3) is 1.21. The Morgan fingerprint density at radius 3 is 2.27 bits per heavy atom. The lowest BCUT2D eigenvalue weighted by Crippen LogP contribution is -1.71. The van der Waals surface area contributed by atoms with E-state index >= 15 is 0 Å². The molecule has 0 atom stereocenters. The molecule has 1 aromatic rings. The molecule has 2 nitrogen and oxygen atoms in total. The van der Waals surface area contributed by atoms with Gasteiger partial charge in [0.15, 0.2) is 0 Å². The number of thiophene rings is 1. The highest BCUT2D eigenvalue weighted by molar-refractivity contribution is 7.13. The zero-order valence-corrected chi connectivity index (χ0v) is 7.25. The van der Waals surface area contributed by atoms with E-state index in [1.54, 1.807) is 6.92 Å². The minimum Gasteiger partial charge on any atom is -0.192 e. The second kappa shape index (κ2) is 2.92. The van der Waals surface area contributed by atoms with Crippen LogP contribution in [0.5, 0.6) is 0 Å². The number of hydrogen-bond acceptors (Lipinski definition) is 3. The number of rotatable bonds is 0. The second-order valence-electron chi connectivity index (χ2n) is 1.90. The van der Waals surface area contributed by atoms with Gasteiger partial charge in [-0.15, -0.1) is 11.3 Å². The minimum absolute atomic E-state index is 0.289. The summed E-state index contributed by atoms with van der Waals surface area (Å²) in [5.41, 5.74) is 0.424. The lowest BCUT2D eigenvalue weighted by atomic mass is 10.3. The van der Waals surface area contributed by atoms with E-state index in [1.165, 1.54) is 11.3 Å². The van der Waals surface area contributed by atoms with Gasteiger partial charge in [-0.3, -0.25) is 0 Å². The smallest absolute Gasteiger partial charge is 0.125 e. The van der Waals surface area contributed by atoms with Gasteiger partial charge in [-0.1, -0.05) is 11.6 Å². The molecule has 0 aromatic carbocycles. The largest absolute Gasteiger partial charge is 0.192 e. The standard InChI is InChI=1S/C7H3ClN2S/c1-4-5(2-9)7(8)6(3-10)11-4/h1H3. The first-order valence-electron chi connectivity index (χ1n) is 2.79. The van der Waals surface area contributed by atoms with E-state index in [2.05, 4.69) is 0 Å². The Bertz CT molecular complexity index is 367. The maximum atomic E-state index is 8.57. The van der Waals surface area contributed by atoms with Crippen LogP contribution in [-0.4, -0.2) is 0 Å². The van der Waals surface area contributed by atoms with Crippen molar-refractivity contribution in [3.8, 4) is 12.1 Å². The van der Waals surface area contributed by atoms with Crippen LogP contribution < -0.4 is 0 Å². The van der Waals surface area contributed by atoms with Gasteiger partial charge in [0, 0.05) is 4.88 Å². The summed E-state index contributed by atoms with van der Waals surface area (Å²) in [5, 5.41) is 17.4. The minimum atomic E-state index is 0.289. The van der Waals surface area contributed by atoms with Crippen LogP contribution in [0.25, 0.3) is 0 Å². The Labute approximate surface area is 73.3 Å². The molecule has 0 aliphatic rings. The van der Waals surface area contributed by atoms with Crippen molar-refractivity contribution in [2.45, 2.75) is 6.92 Å². The molecular formula is C7H3ClN2S. The average Bonchev–Trinajstić information content (AvgIpc) is 2.26. The lowest BCUT2D eigenvalue weighted by molar-refractivity contribution is 1.47. The molecule has 1 heterocycles. The van der Waals surface area contributed by atoms with Crippen LogP contribution in [0.2, 0.25) is 5.02 Å². The number of nitriles is 2. The third-order valence-corrected chi connectivity index (χ3v) is 2.74. The predicted octanol–water partition coefficient (Wildman–Crippen LogP) is 2.45. The van der Waals surface area contributed by atoms with Gasteiger partial charge in [-0.05, 0) is 6.92 Å². The fourth-order valence-electron chi connectivity index (χ4n) is 0.717. The predicted molar refractivity (Wildman–Crippen MR) is 43.5 cm³/mol. The first-order valence-corrected chi connectivity index (χ1v) is 3.99. The van der Waals surface area contributed by atoms with Crippen LogP contribution in [-0.2, 0) is 0 Å².